The third kappa shape index (κ3) is 3.76. The Balaban J connectivity index is 1.64. The molecule has 1 saturated heterocycles. The van der Waals surface area contributed by atoms with Gasteiger partial charge in [-0.1, -0.05) is 17.7 Å². The lowest BCUT2D eigenvalue weighted by Crippen LogP contribution is -2.32. The van der Waals surface area contributed by atoms with E-state index in [1.54, 1.807) is 6.26 Å². The minimum atomic E-state index is 0.634. The number of aryl methyl sites for hydroxylation is 1. The summed E-state index contributed by atoms with van der Waals surface area (Å²) in [6.45, 7) is 5.19. The first kappa shape index (κ1) is 15.3. The van der Waals surface area contributed by atoms with E-state index in [9.17, 15) is 0 Å². The summed E-state index contributed by atoms with van der Waals surface area (Å²) in [5.41, 5.74) is 3.30. The molecule has 4 nitrogen and oxygen atoms in total. The van der Waals surface area contributed by atoms with E-state index >= 15 is 0 Å². The zero-order chi connectivity index (χ0) is 15.4. The fraction of sp³-hybridized carbons (Fsp3) is 0.500. The van der Waals surface area contributed by atoms with Crippen molar-refractivity contribution in [3.05, 3.63) is 41.8 Å². The van der Waals surface area contributed by atoms with E-state index in [1.165, 1.54) is 24.8 Å². The van der Waals surface area contributed by atoms with Crippen LogP contribution in [-0.4, -0.2) is 36.1 Å². The summed E-state index contributed by atoms with van der Waals surface area (Å²) in [5, 5.41) is 3.47. The summed E-state index contributed by atoms with van der Waals surface area (Å²) < 4.78 is 5.65. The second kappa shape index (κ2) is 7.07. The van der Waals surface area contributed by atoms with E-state index in [0.717, 1.165) is 30.9 Å². The monoisotopic (exact) mass is 299 g/mol. The Bertz CT molecular complexity index is 583. The molecule has 3 rings (SSSR count). The zero-order valence-electron chi connectivity index (χ0n) is 13.5. The third-order valence-electron chi connectivity index (χ3n) is 4.43. The van der Waals surface area contributed by atoms with Gasteiger partial charge in [0.15, 0.2) is 0 Å². The van der Waals surface area contributed by atoms with Crippen LogP contribution in [-0.2, 0) is 6.54 Å². The predicted molar refractivity (Wildman–Crippen MR) is 88.7 cm³/mol. The van der Waals surface area contributed by atoms with Crippen molar-refractivity contribution in [1.82, 2.24) is 15.2 Å². The van der Waals surface area contributed by atoms with E-state index in [-0.39, 0.29) is 0 Å². The van der Waals surface area contributed by atoms with E-state index in [0.29, 0.717) is 11.9 Å². The van der Waals surface area contributed by atoms with Crippen LogP contribution in [0.3, 0.4) is 0 Å². The van der Waals surface area contributed by atoms with Crippen LogP contribution >= 0.6 is 0 Å². The van der Waals surface area contributed by atoms with Gasteiger partial charge in [0.25, 0.3) is 0 Å². The van der Waals surface area contributed by atoms with Gasteiger partial charge in [0.1, 0.15) is 6.26 Å². The van der Waals surface area contributed by atoms with Crippen LogP contribution in [0.15, 0.2) is 34.9 Å². The number of benzene rings is 1. The first-order valence-corrected chi connectivity index (χ1v) is 8.15. The van der Waals surface area contributed by atoms with Gasteiger partial charge in [-0.2, -0.15) is 0 Å². The molecule has 1 atom stereocenters. The van der Waals surface area contributed by atoms with Crippen molar-refractivity contribution in [3.63, 3.8) is 0 Å². The minimum Gasteiger partial charge on any atom is -0.444 e. The SMILES string of the molecule is Cc1ccc(-c2nc(CN(C)C3CCCNCC3)co2)cc1. The summed E-state index contributed by atoms with van der Waals surface area (Å²) in [5.74, 6) is 0.714. The molecule has 0 spiro atoms. The highest BCUT2D eigenvalue weighted by Crippen LogP contribution is 2.21. The quantitative estimate of drug-likeness (QED) is 0.941. The summed E-state index contributed by atoms with van der Waals surface area (Å²) >= 11 is 0. The van der Waals surface area contributed by atoms with Crippen molar-refractivity contribution >= 4 is 0 Å². The molecule has 1 unspecified atom stereocenters. The normalized spacial score (nSPS) is 19.3. The van der Waals surface area contributed by atoms with Crippen LogP contribution in [0.5, 0.6) is 0 Å². The maximum atomic E-state index is 5.65. The predicted octanol–water partition coefficient (Wildman–Crippen LogP) is 3.22. The molecule has 0 bridgehead atoms. The Hall–Kier alpha value is -1.65. The highest BCUT2D eigenvalue weighted by atomic mass is 16.3. The topological polar surface area (TPSA) is 41.3 Å². The van der Waals surface area contributed by atoms with E-state index in [4.69, 9.17) is 4.42 Å². The van der Waals surface area contributed by atoms with Crippen LogP contribution in [0.2, 0.25) is 0 Å². The smallest absolute Gasteiger partial charge is 0.226 e. The molecule has 0 aliphatic carbocycles. The summed E-state index contributed by atoms with van der Waals surface area (Å²) in [6, 6.07) is 8.93. The van der Waals surface area contributed by atoms with Crippen LogP contribution < -0.4 is 5.32 Å². The van der Waals surface area contributed by atoms with Gasteiger partial charge in [-0.05, 0) is 58.5 Å². The average Bonchev–Trinajstić information content (AvgIpc) is 2.81. The Morgan fingerprint density at radius 2 is 2.05 bits per heavy atom. The number of aromatic nitrogens is 1. The second-order valence-corrected chi connectivity index (χ2v) is 6.26. The molecular weight excluding hydrogens is 274 g/mol. The molecule has 0 radical (unpaired) electrons. The van der Waals surface area contributed by atoms with Crippen molar-refractivity contribution in [3.8, 4) is 11.5 Å². The molecule has 0 amide bonds. The Kier molecular flexibility index (Phi) is 4.90. The molecular formula is C18H25N3O. The van der Waals surface area contributed by atoms with Crippen molar-refractivity contribution in [2.24, 2.45) is 0 Å². The van der Waals surface area contributed by atoms with Crippen LogP contribution in [0.1, 0.15) is 30.5 Å². The highest BCUT2D eigenvalue weighted by molar-refractivity contribution is 5.53. The average molecular weight is 299 g/mol. The molecule has 1 aliphatic heterocycles. The number of nitrogens with one attached hydrogen (secondary N) is 1. The first-order chi connectivity index (χ1) is 10.7. The Morgan fingerprint density at radius 1 is 1.23 bits per heavy atom. The molecule has 1 N–H and O–H groups in total. The van der Waals surface area contributed by atoms with Gasteiger partial charge in [0.05, 0.1) is 5.69 Å². The molecule has 118 valence electrons. The minimum absolute atomic E-state index is 0.634. The standard InChI is InChI=1S/C18H25N3O/c1-14-5-7-15(8-6-14)18-20-16(13-22-18)12-21(2)17-4-3-10-19-11-9-17/h5-8,13,17,19H,3-4,9-12H2,1-2H3. The molecule has 4 heteroatoms. The van der Waals surface area contributed by atoms with E-state index in [2.05, 4.69) is 53.4 Å². The van der Waals surface area contributed by atoms with Gasteiger partial charge in [0.2, 0.25) is 5.89 Å². The summed E-state index contributed by atoms with van der Waals surface area (Å²) in [4.78, 5) is 7.05. The molecule has 22 heavy (non-hydrogen) atoms. The second-order valence-electron chi connectivity index (χ2n) is 6.26. The fourth-order valence-electron chi connectivity index (χ4n) is 3.03. The van der Waals surface area contributed by atoms with Gasteiger partial charge >= 0.3 is 0 Å². The van der Waals surface area contributed by atoms with Crippen molar-refractivity contribution in [1.29, 1.82) is 0 Å². The zero-order valence-corrected chi connectivity index (χ0v) is 13.5. The van der Waals surface area contributed by atoms with Crippen molar-refractivity contribution in [2.75, 3.05) is 20.1 Å². The maximum absolute atomic E-state index is 5.65. The van der Waals surface area contributed by atoms with E-state index < -0.39 is 0 Å². The van der Waals surface area contributed by atoms with Gasteiger partial charge in [-0.15, -0.1) is 0 Å². The van der Waals surface area contributed by atoms with Gasteiger partial charge in [-0.25, -0.2) is 4.98 Å². The summed E-state index contributed by atoms with van der Waals surface area (Å²) in [6.07, 6.45) is 5.51. The van der Waals surface area contributed by atoms with Gasteiger partial charge in [-0.3, -0.25) is 4.90 Å². The lowest BCUT2D eigenvalue weighted by molar-refractivity contribution is 0.214. The molecule has 2 heterocycles. The summed E-state index contributed by atoms with van der Waals surface area (Å²) in [7, 11) is 2.19. The number of oxazole rings is 1. The number of hydrogen-bond acceptors (Lipinski definition) is 4. The van der Waals surface area contributed by atoms with Gasteiger partial charge < -0.3 is 9.73 Å². The lowest BCUT2D eigenvalue weighted by atomic mass is 10.1. The molecule has 0 saturated carbocycles. The molecule has 1 aromatic heterocycles. The molecule has 1 fully saturated rings. The van der Waals surface area contributed by atoms with Crippen LogP contribution in [0.4, 0.5) is 0 Å². The third-order valence-corrected chi connectivity index (χ3v) is 4.43. The Morgan fingerprint density at radius 3 is 2.86 bits per heavy atom. The van der Waals surface area contributed by atoms with Crippen LogP contribution in [0, 0.1) is 6.92 Å². The highest BCUT2D eigenvalue weighted by Gasteiger charge is 2.18. The molecule has 1 aliphatic rings. The van der Waals surface area contributed by atoms with Crippen LogP contribution in [0.25, 0.3) is 11.5 Å². The van der Waals surface area contributed by atoms with Gasteiger partial charge in [0, 0.05) is 18.2 Å². The van der Waals surface area contributed by atoms with Crippen molar-refractivity contribution < 1.29 is 4.42 Å². The number of nitrogens with zero attached hydrogens (tertiary/aromatic N) is 2. The fourth-order valence-corrected chi connectivity index (χ4v) is 3.03. The maximum Gasteiger partial charge on any atom is 0.226 e. The lowest BCUT2D eigenvalue weighted by Gasteiger charge is -2.25. The molecule has 2 aromatic rings. The number of hydrogen-bond donors (Lipinski definition) is 1. The first-order valence-electron chi connectivity index (χ1n) is 8.15. The Labute approximate surface area is 132 Å². The van der Waals surface area contributed by atoms with Crippen molar-refractivity contribution in [2.45, 2.75) is 38.8 Å². The van der Waals surface area contributed by atoms with E-state index in [1.807, 2.05) is 0 Å². The largest absolute Gasteiger partial charge is 0.444 e. The number of rotatable bonds is 4. The molecule has 1 aromatic carbocycles.